The van der Waals surface area contributed by atoms with E-state index < -0.39 is 24.0 Å². The molecule has 0 spiro atoms. The second kappa shape index (κ2) is 6.33. The molecule has 0 fully saturated rings. The van der Waals surface area contributed by atoms with Crippen LogP contribution in [0.25, 0.3) is 0 Å². The largest absolute Gasteiger partial charge is 1.00 e. The Morgan fingerprint density at radius 3 is 1.54 bits per heavy atom. The maximum absolute atomic E-state index is 10.3. The third-order valence-corrected chi connectivity index (χ3v) is 1.51. The molecule has 3 N–H and O–H groups in total. The fraction of sp³-hybridized carbons (Fsp3) is 0.667. The third-order valence-electron chi connectivity index (χ3n) is 1.51. The number of carboxylic acid groups (broad SMARTS) is 2. The van der Waals surface area contributed by atoms with Crippen molar-refractivity contribution in [1.29, 1.82) is 0 Å². The molecule has 7 heteroatoms. The summed E-state index contributed by atoms with van der Waals surface area (Å²) in [5.74, 6) is -2.55. The van der Waals surface area contributed by atoms with Gasteiger partial charge in [0.05, 0.1) is 0 Å². The van der Waals surface area contributed by atoms with Crippen molar-refractivity contribution in [2.75, 3.05) is 0 Å². The van der Waals surface area contributed by atoms with Crippen molar-refractivity contribution >= 4 is 11.9 Å². The Balaban J connectivity index is -0.000000605. The van der Waals surface area contributed by atoms with Crippen molar-refractivity contribution in [3.05, 3.63) is 0 Å². The van der Waals surface area contributed by atoms with Crippen LogP contribution < -0.4 is 29.6 Å². The summed E-state index contributed by atoms with van der Waals surface area (Å²) in [4.78, 5) is 20.5. The molecule has 0 heterocycles. The third kappa shape index (κ3) is 4.58. The summed E-state index contributed by atoms with van der Waals surface area (Å²) in [5, 5.41) is 26.1. The fourth-order valence-corrected chi connectivity index (χ4v) is 0.562. The van der Waals surface area contributed by atoms with Gasteiger partial charge >= 0.3 is 41.5 Å². The normalized spacial score (nSPS) is 14.5. The van der Waals surface area contributed by atoms with Crippen LogP contribution in [-0.4, -0.2) is 44.5 Å². The maximum Gasteiger partial charge on any atom is 1.00 e. The molecular formula is C6H12NNaO5. The summed E-state index contributed by atoms with van der Waals surface area (Å²) in [7, 11) is 0. The van der Waals surface area contributed by atoms with Crippen LogP contribution in [0.4, 0.5) is 0 Å². The van der Waals surface area contributed by atoms with Crippen molar-refractivity contribution in [1.82, 2.24) is 5.06 Å². The number of aliphatic carboxylic acids is 2. The molecule has 2 unspecified atom stereocenters. The van der Waals surface area contributed by atoms with Gasteiger partial charge < -0.3 is 16.8 Å². The van der Waals surface area contributed by atoms with Crippen molar-refractivity contribution in [2.24, 2.45) is 0 Å². The van der Waals surface area contributed by atoms with Crippen LogP contribution in [0.1, 0.15) is 15.3 Å². The topological polar surface area (TPSA) is 98.1 Å². The second-order valence-electron chi connectivity index (χ2n) is 2.41. The van der Waals surface area contributed by atoms with Gasteiger partial charge in [-0.25, -0.2) is 0 Å². The molecule has 0 aromatic carbocycles. The molecule has 0 aliphatic rings. The summed E-state index contributed by atoms with van der Waals surface area (Å²) in [6, 6.07) is -2.45. The number of carboxylic acids is 2. The van der Waals surface area contributed by atoms with Crippen LogP contribution in [0, 0.1) is 0 Å². The number of hydroxylamine groups is 2. The molecule has 0 radical (unpaired) electrons. The van der Waals surface area contributed by atoms with E-state index in [9.17, 15) is 9.59 Å². The number of rotatable bonds is 4. The van der Waals surface area contributed by atoms with Gasteiger partial charge in [-0.1, -0.05) is 0 Å². The number of carbonyl (C=O) groups is 2. The monoisotopic (exact) mass is 201 g/mol. The smallest absolute Gasteiger partial charge is 1.00 e. The minimum absolute atomic E-state index is 0. The van der Waals surface area contributed by atoms with Crippen LogP contribution in [0.3, 0.4) is 0 Å². The first-order chi connectivity index (χ1) is 5.37. The van der Waals surface area contributed by atoms with E-state index in [0.29, 0.717) is 0 Å². The average Bonchev–Trinajstić information content (AvgIpc) is 2.00. The summed E-state index contributed by atoms with van der Waals surface area (Å²) in [6.07, 6.45) is 0. The van der Waals surface area contributed by atoms with Crippen molar-refractivity contribution in [3.8, 4) is 0 Å². The Hall–Kier alpha value is -0.140. The summed E-state index contributed by atoms with van der Waals surface area (Å²) < 4.78 is 0. The van der Waals surface area contributed by atoms with E-state index in [-0.39, 0.29) is 36.0 Å². The molecule has 2 atom stereocenters. The van der Waals surface area contributed by atoms with E-state index in [1.165, 1.54) is 13.8 Å². The molecule has 0 rings (SSSR count). The van der Waals surface area contributed by atoms with Gasteiger partial charge in [-0.3, -0.25) is 9.59 Å². The van der Waals surface area contributed by atoms with Gasteiger partial charge in [-0.15, -0.1) is 0 Å². The molecule has 72 valence electrons. The first kappa shape index (κ1) is 15.3. The standard InChI is InChI=1S/C6H11NO5.Na.H/c1-3(5(8)9)7(12)4(2)6(10)11;;/h3-4,12H,1-2H3,(H,8,9)(H,10,11);;/q;+1;-1. The maximum atomic E-state index is 10.3. The van der Waals surface area contributed by atoms with Crippen molar-refractivity contribution < 1.29 is 56.0 Å². The van der Waals surface area contributed by atoms with E-state index in [1.807, 2.05) is 0 Å². The summed E-state index contributed by atoms with van der Waals surface area (Å²) in [5.41, 5.74) is 0. The predicted octanol–water partition coefficient (Wildman–Crippen LogP) is -3.26. The minimum Gasteiger partial charge on any atom is -1.00 e. The number of nitrogens with zero attached hydrogens (tertiary/aromatic N) is 1. The molecule has 13 heavy (non-hydrogen) atoms. The summed E-state index contributed by atoms with van der Waals surface area (Å²) >= 11 is 0. The van der Waals surface area contributed by atoms with Gasteiger partial charge in [0.25, 0.3) is 0 Å². The van der Waals surface area contributed by atoms with E-state index in [1.54, 1.807) is 0 Å². The van der Waals surface area contributed by atoms with Crippen molar-refractivity contribution in [3.63, 3.8) is 0 Å². The average molecular weight is 201 g/mol. The Morgan fingerprint density at radius 1 is 1.15 bits per heavy atom. The van der Waals surface area contributed by atoms with Gasteiger partial charge in [0.1, 0.15) is 12.1 Å². The molecule has 0 saturated carbocycles. The van der Waals surface area contributed by atoms with Gasteiger partial charge in [-0.05, 0) is 13.8 Å². The van der Waals surface area contributed by atoms with E-state index >= 15 is 0 Å². The molecule has 0 amide bonds. The Bertz CT molecular complexity index is 183. The Labute approximate surface area is 98.9 Å². The minimum atomic E-state index is -1.27. The number of hydrogen-bond acceptors (Lipinski definition) is 4. The molecule has 0 bridgehead atoms. The zero-order valence-electron chi connectivity index (χ0n) is 8.76. The number of hydrogen-bond donors (Lipinski definition) is 3. The van der Waals surface area contributed by atoms with Gasteiger partial charge in [0.15, 0.2) is 0 Å². The summed E-state index contributed by atoms with van der Waals surface area (Å²) in [6.45, 7) is 2.39. The molecule has 0 aliphatic heterocycles. The van der Waals surface area contributed by atoms with E-state index in [2.05, 4.69) is 0 Å². The second-order valence-corrected chi connectivity index (χ2v) is 2.41. The zero-order valence-corrected chi connectivity index (χ0v) is 9.76. The SMILES string of the molecule is CC(C(=O)O)N(O)C(C)C(=O)O.[H-].[Na+]. The Morgan fingerprint density at radius 2 is 1.38 bits per heavy atom. The first-order valence-corrected chi connectivity index (χ1v) is 3.30. The van der Waals surface area contributed by atoms with Crippen molar-refractivity contribution in [2.45, 2.75) is 25.9 Å². The van der Waals surface area contributed by atoms with Gasteiger partial charge in [-0.2, -0.15) is 5.06 Å². The predicted molar refractivity (Wildman–Crippen MR) is 38.9 cm³/mol. The molecule has 6 nitrogen and oxygen atoms in total. The van der Waals surface area contributed by atoms with E-state index in [0.717, 1.165) is 0 Å². The Kier molecular flexibility index (Phi) is 7.47. The first-order valence-electron chi connectivity index (χ1n) is 3.30. The van der Waals surface area contributed by atoms with Crippen LogP contribution >= 0.6 is 0 Å². The molecule has 0 aromatic heterocycles. The fourth-order valence-electron chi connectivity index (χ4n) is 0.562. The van der Waals surface area contributed by atoms with Gasteiger partial charge in [0.2, 0.25) is 0 Å². The van der Waals surface area contributed by atoms with Crippen LogP contribution in [0.15, 0.2) is 0 Å². The molecule has 0 saturated heterocycles. The van der Waals surface area contributed by atoms with E-state index in [4.69, 9.17) is 15.4 Å². The quantitative estimate of drug-likeness (QED) is 0.326. The van der Waals surface area contributed by atoms with Crippen LogP contribution in [0.5, 0.6) is 0 Å². The zero-order chi connectivity index (χ0) is 9.89. The van der Waals surface area contributed by atoms with Gasteiger partial charge in [0, 0.05) is 0 Å². The molecule has 0 aromatic rings. The van der Waals surface area contributed by atoms with Crippen LogP contribution in [0.2, 0.25) is 0 Å². The molecule has 0 aliphatic carbocycles. The van der Waals surface area contributed by atoms with Crippen LogP contribution in [-0.2, 0) is 9.59 Å². The molecular weight excluding hydrogens is 189 g/mol.